The summed E-state index contributed by atoms with van der Waals surface area (Å²) in [5.41, 5.74) is 0. The minimum atomic E-state index is -0.808. The van der Waals surface area contributed by atoms with Gasteiger partial charge in [-0.05, 0) is 31.1 Å². The van der Waals surface area contributed by atoms with E-state index in [2.05, 4.69) is 19.2 Å². The molecule has 0 unspecified atom stereocenters. The van der Waals surface area contributed by atoms with Crippen LogP contribution in [0.3, 0.4) is 0 Å². The molecule has 18 heavy (non-hydrogen) atoms. The lowest BCUT2D eigenvalue weighted by atomic mass is 9.81. The van der Waals surface area contributed by atoms with Crippen molar-refractivity contribution in [3.05, 3.63) is 0 Å². The van der Waals surface area contributed by atoms with Gasteiger partial charge in [0.15, 0.2) is 0 Å². The van der Waals surface area contributed by atoms with Crippen LogP contribution in [0.4, 0.5) is 0 Å². The highest BCUT2D eigenvalue weighted by atomic mass is 16.3. The van der Waals surface area contributed by atoms with Crippen molar-refractivity contribution in [3.8, 4) is 0 Å². The average molecular weight is 255 g/mol. The third-order valence-corrected chi connectivity index (χ3v) is 4.24. The Morgan fingerprint density at radius 2 is 1.83 bits per heavy atom. The van der Waals surface area contributed by atoms with E-state index in [4.69, 9.17) is 0 Å². The molecule has 2 N–H and O–H groups in total. The van der Waals surface area contributed by atoms with Crippen molar-refractivity contribution in [2.45, 2.75) is 71.3 Å². The number of aliphatic hydroxyl groups excluding tert-OH is 1. The number of carbonyl (C=O) groups is 1. The van der Waals surface area contributed by atoms with Crippen molar-refractivity contribution in [1.29, 1.82) is 0 Å². The van der Waals surface area contributed by atoms with Crippen molar-refractivity contribution in [2.24, 2.45) is 11.8 Å². The maximum Gasteiger partial charge on any atom is 0.248 e. The molecule has 1 aliphatic rings. The first-order chi connectivity index (χ1) is 8.67. The van der Waals surface area contributed by atoms with E-state index >= 15 is 0 Å². The summed E-state index contributed by atoms with van der Waals surface area (Å²) in [5, 5.41) is 12.6. The Kier molecular flexibility index (Phi) is 7.33. The Morgan fingerprint density at radius 1 is 1.22 bits per heavy atom. The molecule has 0 aliphatic heterocycles. The number of rotatable bonds is 7. The van der Waals surface area contributed by atoms with E-state index in [1.807, 2.05) is 0 Å². The Labute approximate surface area is 111 Å². The lowest BCUT2D eigenvalue weighted by molar-refractivity contribution is -0.129. The fourth-order valence-corrected chi connectivity index (χ4v) is 2.74. The summed E-state index contributed by atoms with van der Waals surface area (Å²) in [6.45, 7) is 5.08. The molecule has 0 radical (unpaired) electrons. The molecule has 106 valence electrons. The molecule has 0 bridgehead atoms. The zero-order valence-electron chi connectivity index (χ0n) is 12.0. The first-order valence-electron chi connectivity index (χ1n) is 7.63. The summed E-state index contributed by atoms with van der Waals surface area (Å²) in [7, 11) is 0. The summed E-state index contributed by atoms with van der Waals surface area (Å²) in [6, 6.07) is 0. The molecule has 1 amide bonds. The number of unbranched alkanes of at least 4 members (excludes halogenated alkanes) is 1. The first-order valence-corrected chi connectivity index (χ1v) is 7.63. The van der Waals surface area contributed by atoms with E-state index < -0.39 is 6.10 Å². The van der Waals surface area contributed by atoms with Gasteiger partial charge in [0.1, 0.15) is 6.10 Å². The van der Waals surface area contributed by atoms with Crippen molar-refractivity contribution in [3.63, 3.8) is 0 Å². The van der Waals surface area contributed by atoms with Gasteiger partial charge in [0.05, 0.1) is 0 Å². The molecule has 0 aromatic rings. The predicted molar refractivity (Wildman–Crippen MR) is 74.3 cm³/mol. The van der Waals surface area contributed by atoms with Crippen molar-refractivity contribution >= 4 is 5.91 Å². The number of hydrogen-bond donors (Lipinski definition) is 2. The maximum atomic E-state index is 11.7. The lowest BCUT2D eigenvalue weighted by Gasteiger charge is -2.28. The normalized spacial score (nSPS) is 25.7. The van der Waals surface area contributed by atoms with Gasteiger partial charge in [0, 0.05) is 6.54 Å². The van der Waals surface area contributed by atoms with E-state index in [1.165, 1.54) is 32.1 Å². The standard InChI is InChI=1S/C15H29NO2/c1-3-5-6-14(17)15(18)16-11-13-9-7-12(4-2)8-10-13/h12-14,17H,3-11H2,1-2H3,(H,16,18)/t12?,13?,14-/m0/s1. The van der Waals surface area contributed by atoms with Gasteiger partial charge in [0.2, 0.25) is 5.91 Å². The third-order valence-electron chi connectivity index (χ3n) is 4.24. The average Bonchev–Trinajstić information content (AvgIpc) is 2.42. The molecule has 3 heteroatoms. The third kappa shape index (κ3) is 5.38. The van der Waals surface area contributed by atoms with Gasteiger partial charge in [0.25, 0.3) is 0 Å². The second-order valence-electron chi connectivity index (χ2n) is 5.70. The molecular weight excluding hydrogens is 226 g/mol. The van der Waals surface area contributed by atoms with Crippen molar-refractivity contribution in [2.75, 3.05) is 6.54 Å². The fraction of sp³-hybridized carbons (Fsp3) is 0.933. The molecular formula is C15H29NO2. The van der Waals surface area contributed by atoms with Crippen LogP contribution in [0.25, 0.3) is 0 Å². The fourth-order valence-electron chi connectivity index (χ4n) is 2.74. The summed E-state index contributed by atoms with van der Waals surface area (Å²) < 4.78 is 0. The van der Waals surface area contributed by atoms with Gasteiger partial charge >= 0.3 is 0 Å². The van der Waals surface area contributed by atoms with Gasteiger partial charge < -0.3 is 10.4 Å². The maximum absolute atomic E-state index is 11.7. The van der Waals surface area contributed by atoms with Gasteiger partial charge in [-0.2, -0.15) is 0 Å². The Balaban J connectivity index is 2.15. The molecule has 1 aliphatic carbocycles. The van der Waals surface area contributed by atoms with Gasteiger partial charge in [-0.1, -0.05) is 46.0 Å². The number of nitrogens with one attached hydrogen (secondary N) is 1. The van der Waals surface area contributed by atoms with E-state index in [9.17, 15) is 9.90 Å². The zero-order chi connectivity index (χ0) is 13.4. The van der Waals surface area contributed by atoms with Crippen LogP contribution in [0, 0.1) is 11.8 Å². The van der Waals surface area contributed by atoms with Crippen LogP contribution in [-0.4, -0.2) is 23.7 Å². The Bertz CT molecular complexity index is 235. The van der Waals surface area contributed by atoms with E-state index in [1.54, 1.807) is 0 Å². The van der Waals surface area contributed by atoms with Crippen LogP contribution in [-0.2, 0) is 4.79 Å². The van der Waals surface area contributed by atoms with E-state index in [-0.39, 0.29) is 5.91 Å². The number of hydrogen-bond acceptors (Lipinski definition) is 2. The topological polar surface area (TPSA) is 49.3 Å². The van der Waals surface area contributed by atoms with Crippen LogP contribution < -0.4 is 5.32 Å². The van der Waals surface area contributed by atoms with Gasteiger partial charge in [-0.3, -0.25) is 4.79 Å². The highest BCUT2D eigenvalue weighted by molar-refractivity contribution is 5.80. The summed E-state index contributed by atoms with van der Waals surface area (Å²) in [6.07, 6.45) is 8.05. The molecule has 1 saturated carbocycles. The molecule has 1 rings (SSSR count). The number of amides is 1. The summed E-state index contributed by atoms with van der Waals surface area (Å²) >= 11 is 0. The molecule has 3 nitrogen and oxygen atoms in total. The smallest absolute Gasteiger partial charge is 0.248 e. The molecule has 1 atom stereocenters. The van der Waals surface area contributed by atoms with Gasteiger partial charge in [-0.15, -0.1) is 0 Å². The molecule has 0 aromatic heterocycles. The second-order valence-corrected chi connectivity index (χ2v) is 5.70. The van der Waals surface area contributed by atoms with Crippen molar-refractivity contribution in [1.82, 2.24) is 5.32 Å². The summed E-state index contributed by atoms with van der Waals surface area (Å²) in [5.74, 6) is 1.34. The highest BCUT2D eigenvalue weighted by Gasteiger charge is 2.21. The Morgan fingerprint density at radius 3 is 2.39 bits per heavy atom. The van der Waals surface area contributed by atoms with E-state index in [0.717, 1.165) is 25.3 Å². The minimum absolute atomic E-state index is 0.180. The molecule has 0 saturated heterocycles. The summed E-state index contributed by atoms with van der Waals surface area (Å²) in [4.78, 5) is 11.7. The molecule has 0 aromatic carbocycles. The molecule has 0 heterocycles. The number of aliphatic hydroxyl groups is 1. The largest absolute Gasteiger partial charge is 0.383 e. The lowest BCUT2D eigenvalue weighted by Crippen LogP contribution is -2.38. The van der Waals surface area contributed by atoms with Crippen molar-refractivity contribution < 1.29 is 9.90 Å². The van der Waals surface area contributed by atoms with Crippen LogP contribution in [0.15, 0.2) is 0 Å². The quantitative estimate of drug-likeness (QED) is 0.735. The Hall–Kier alpha value is -0.570. The first kappa shape index (κ1) is 15.5. The zero-order valence-corrected chi connectivity index (χ0v) is 12.0. The van der Waals surface area contributed by atoms with Crippen LogP contribution in [0.2, 0.25) is 0 Å². The monoisotopic (exact) mass is 255 g/mol. The van der Waals surface area contributed by atoms with Crippen LogP contribution >= 0.6 is 0 Å². The van der Waals surface area contributed by atoms with Gasteiger partial charge in [-0.25, -0.2) is 0 Å². The predicted octanol–water partition coefficient (Wildman–Crippen LogP) is 2.87. The molecule has 1 fully saturated rings. The molecule has 0 spiro atoms. The second kappa shape index (κ2) is 8.52. The SMILES string of the molecule is CCCC[C@H](O)C(=O)NCC1CCC(CC)CC1. The number of carbonyl (C=O) groups excluding carboxylic acids is 1. The van der Waals surface area contributed by atoms with Crippen LogP contribution in [0.5, 0.6) is 0 Å². The highest BCUT2D eigenvalue weighted by Crippen LogP contribution is 2.30. The van der Waals surface area contributed by atoms with Crippen LogP contribution in [0.1, 0.15) is 65.2 Å². The minimum Gasteiger partial charge on any atom is -0.383 e. The van der Waals surface area contributed by atoms with E-state index in [0.29, 0.717) is 12.3 Å².